The molecule has 0 aliphatic carbocycles. The van der Waals surface area contributed by atoms with Gasteiger partial charge in [-0.1, -0.05) is 43.7 Å². The van der Waals surface area contributed by atoms with Crippen LogP contribution in [0.1, 0.15) is 43.0 Å². The molecule has 0 spiro atoms. The molecule has 3 aromatic rings. The van der Waals surface area contributed by atoms with E-state index in [0.717, 1.165) is 23.0 Å². The van der Waals surface area contributed by atoms with Gasteiger partial charge in [-0.15, -0.1) is 0 Å². The lowest BCUT2D eigenvalue weighted by molar-refractivity contribution is -0.116. The molecule has 0 atom stereocenters. The Labute approximate surface area is 153 Å². The topological polar surface area (TPSA) is 51.1 Å². The highest BCUT2D eigenvalue weighted by atomic mass is 16.2. The molecule has 0 saturated carbocycles. The molecule has 1 heterocycles. The maximum absolute atomic E-state index is 12.4. The number of unbranched alkanes of at least 4 members (excludes halogenated alkanes) is 1. The molecule has 0 aliphatic heterocycles. The third-order valence-corrected chi connectivity index (χ3v) is 4.49. The van der Waals surface area contributed by atoms with Crippen LogP contribution < -0.4 is 5.32 Å². The fraction of sp³-hybridized carbons (Fsp3) is 0.273. The fourth-order valence-electron chi connectivity index (χ4n) is 3.00. The molecular weight excluding hydrogens is 324 g/mol. The van der Waals surface area contributed by atoms with Gasteiger partial charge in [-0.25, -0.2) is 0 Å². The van der Waals surface area contributed by atoms with Crippen LogP contribution >= 0.6 is 0 Å². The van der Waals surface area contributed by atoms with Gasteiger partial charge in [0, 0.05) is 30.1 Å². The number of para-hydroxylation sites is 1. The highest BCUT2D eigenvalue weighted by Crippen LogP contribution is 2.16. The fourth-order valence-corrected chi connectivity index (χ4v) is 3.00. The molecule has 1 amide bonds. The maximum atomic E-state index is 12.4. The first-order valence-electron chi connectivity index (χ1n) is 9.15. The number of anilines is 1. The predicted octanol–water partition coefficient (Wildman–Crippen LogP) is 5.04. The average Bonchev–Trinajstić information content (AvgIpc) is 3.10. The lowest BCUT2D eigenvalue weighted by Gasteiger charge is -2.07. The van der Waals surface area contributed by atoms with Crippen LogP contribution in [-0.4, -0.2) is 16.4 Å². The van der Waals surface area contributed by atoms with Crippen LogP contribution in [0, 0.1) is 0 Å². The number of rotatable bonds is 7. The Balaban J connectivity index is 1.53. The Hall–Kier alpha value is -2.88. The van der Waals surface area contributed by atoms with Crippen molar-refractivity contribution in [2.45, 2.75) is 39.0 Å². The third kappa shape index (κ3) is 4.39. The molecule has 26 heavy (non-hydrogen) atoms. The number of hydrogen-bond donors (Lipinski definition) is 1. The number of benzene rings is 2. The zero-order chi connectivity index (χ0) is 18.4. The van der Waals surface area contributed by atoms with E-state index in [2.05, 4.69) is 12.2 Å². The summed E-state index contributed by atoms with van der Waals surface area (Å²) in [6.45, 7) is 2.17. The van der Waals surface area contributed by atoms with E-state index in [1.807, 2.05) is 54.6 Å². The number of fused-ring (bicyclic) bond motifs is 1. The van der Waals surface area contributed by atoms with Crippen molar-refractivity contribution in [1.82, 2.24) is 4.57 Å². The molecule has 0 unspecified atom stereocenters. The summed E-state index contributed by atoms with van der Waals surface area (Å²) in [7, 11) is 0. The average molecular weight is 348 g/mol. The van der Waals surface area contributed by atoms with Crippen molar-refractivity contribution in [3.63, 3.8) is 0 Å². The van der Waals surface area contributed by atoms with E-state index >= 15 is 0 Å². The number of nitrogens with one attached hydrogen (secondary N) is 1. The van der Waals surface area contributed by atoms with Crippen molar-refractivity contribution in [3.8, 4) is 0 Å². The second-order valence-electron chi connectivity index (χ2n) is 6.49. The summed E-state index contributed by atoms with van der Waals surface area (Å²) in [4.78, 5) is 24.5. The van der Waals surface area contributed by atoms with Gasteiger partial charge in [0.2, 0.25) is 11.8 Å². The first-order chi connectivity index (χ1) is 12.7. The molecule has 0 saturated heterocycles. The molecule has 3 rings (SSSR count). The number of nitrogens with zero attached hydrogens (tertiary/aromatic N) is 1. The van der Waals surface area contributed by atoms with Gasteiger partial charge in [-0.2, -0.15) is 0 Å². The molecular formula is C22H24N2O2. The quantitative estimate of drug-likeness (QED) is 0.650. The van der Waals surface area contributed by atoms with E-state index in [9.17, 15) is 9.59 Å². The van der Waals surface area contributed by atoms with Gasteiger partial charge in [0.05, 0.1) is 5.52 Å². The smallest absolute Gasteiger partial charge is 0.231 e. The highest BCUT2D eigenvalue weighted by molar-refractivity contribution is 5.96. The maximum Gasteiger partial charge on any atom is 0.231 e. The minimum Gasteiger partial charge on any atom is -0.326 e. The molecule has 1 N–H and O–H groups in total. The van der Waals surface area contributed by atoms with Gasteiger partial charge in [0.25, 0.3) is 0 Å². The first kappa shape index (κ1) is 17.9. The van der Waals surface area contributed by atoms with Gasteiger partial charge in [-0.05, 0) is 42.7 Å². The SMILES string of the molecule is CCCCc1ccc(NC(=O)CCC(=O)n2ccc3ccccc32)cc1. The van der Waals surface area contributed by atoms with E-state index in [-0.39, 0.29) is 24.7 Å². The van der Waals surface area contributed by atoms with E-state index in [4.69, 9.17) is 0 Å². The monoisotopic (exact) mass is 348 g/mol. The van der Waals surface area contributed by atoms with Gasteiger partial charge in [0.1, 0.15) is 0 Å². The van der Waals surface area contributed by atoms with Crippen LogP contribution in [0.4, 0.5) is 5.69 Å². The van der Waals surface area contributed by atoms with Crippen molar-refractivity contribution >= 4 is 28.4 Å². The largest absolute Gasteiger partial charge is 0.326 e. The normalized spacial score (nSPS) is 10.8. The minimum absolute atomic E-state index is 0.0729. The van der Waals surface area contributed by atoms with Gasteiger partial charge in [0.15, 0.2) is 0 Å². The lowest BCUT2D eigenvalue weighted by Crippen LogP contribution is -2.16. The Kier molecular flexibility index (Phi) is 5.84. The molecule has 4 nitrogen and oxygen atoms in total. The number of amides is 1. The number of carbonyl (C=O) groups excluding carboxylic acids is 2. The van der Waals surface area contributed by atoms with Crippen molar-refractivity contribution < 1.29 is 9.59 Å². The standard InChI is InChI=1S/C22H24N2O2/c1-2-3-6-17-9-11-19(12-10-17)23-21(25)13-14-22(26)24-16-15-18-7-4-5-8-20(18)24/h4-5,7-12,15-16H,2-3,6,13-14H2,1H3,(H,23,25). The Morgan fingerprint density at radius 2 is 1.73 bits per heavy atom. The summed E-state index contributed by atoms with van der Waals surface area (Å²) < 4.78 is 1.62. The third-order valence-electron chi connectivity index (χ3n) is 4.49. The van der Waals surface area contributed by atoms with Gasteiger partial charge >= 0.3 is 0 Å². The van der Waals surface area contributed by atoms with Crippen LogP contribution in [-0.2, 0) is 11.2 Å². The molecule has 0 fully saturated rings. The van der Waals surface area contributed by atoms with Crippen molar-refractivity contribution in [2.75, 3.05) is 5.32 Å². The number of hydrogen-bond acceptors (Lipinski definition) is 2. The van der Waals surface area contributed by atoms with Crippen LogP contribution in [0.25, 0.3) is 10.9 Å². The second-order valence-corrected chi connectivity index (χ2v) is 6.49. The van der Waals surface area contributed by atoms with E-state index in [1.54, 1.807) is 10.8 Å². The molecule has 0 radical (unpaired) electrons. The van der Waals surface area contributed by atoms with Crippen molar-refractivity contribution in [2.24, 2.45) is 0 Å². The molecule has 0 aliphatic rings. The summed E-state index contributed by atoms with van der Waals surface area (Å²) >= 11 is 0. The second kappa shape index (κ2) is 8.48. The van der Waals surface area contributed by atoms with E-state index in [0.29, 0.717) is 0 Å². The van der Waals surface area contributed by atoms with Crippen LogP contribution in [0.15, 0.2) is 60.8 Å². The van der Waals surface area contributed by atoms with Crippen LogP contribution in [0.3, 0.4) is 0 Å². The first-order valence-corrected chi connectivity index (χ1v) is 9.15. The van der Waals surface area contributed by atoms with Crippen LogP contribution in [0.2, 0.25) is 0 Å². The molecule has 4 heteroatoms. The van der Waals surface area contributed by atoms with Crippen molar-refractivity contribution in [1.29, 1.82) is 0 Å². The van der Waals surface area contributed by atoms with E-state index in [1.165, 1.54) is 18.4 Å². The molecule has 1 aromatic heterocycles. The van der Waals surface area contributed by atoms with Crippen molar-refractivity contribution in [3.05, 3.63) is 66.4 Å². The zero-order valence-corrected chi connectivity index (χ0v) is 15.1. The summed E-state index contributed by atoms with van der Waals surface area (Å²) in [6.07, 6.45) is 5.51. The summed E-state index contributed by atoms with van der Waals surface area (Å²) in [5.41, 5.74) is 2.93. The summed E-state index contributed by atoms with van der Waals surface area (Å²) in [5, 5.41) is 3.88. The van der Waals surface area contributed by atoms with Crippen LogP contribution in [0.5, 0.6) is 0 Å². The Morgan fingerprint density at radius 1 is 0.962 bits per heavy atom. The number of aromatic nitrogens is 1. The molecule has 0 bridgehead atoms. The lowest BCUT2D eigenvalue weighted by atomic mass is 10.1. The molecule has 2 aromatic carbocycles. The van der Waals surface area contributed by atoms with Gasteiger partial charge < -0.3 is 5.32 Å². The predicted molar refractivity (Wildman–Crippen MR) is 105 cm³/mol. The zero-order valence-electron chi connectivity index (χ0n) is 15.1. The number of aryl methyl sites for hydroxylation is 1. The Bertz CT molecular complexity index is 894. The highest BCUT2D eigenvalue weighted by Gasteiger charge is 2.11. The summed E-state index contributed by atoms with van der Waals surface area (Å²) in [6, 6.07) is 17.6. The summed E-state index contributed by atoms with van der Waals surface area (Å²) in [5.74, 6) is -0.215. The van der Waals surface area contributed by atoms with E-state index < -0.39 is 0 Å². The minimum atomic E-state index is -0.142. The number of carbonyl (C=O) groups is 2. The van der Waals surface area contributed by atoms with Gasteiger partial charge in [-0.3, -0.25) is 14.2 Å². The molecule has 134 valence electrons. The Morgan fingerprint density at radius 3 is 2.50 bits per heavy atom.